The molecule has 2 heterocycles. The van der Waals surface area contributed by atoms with Gasteiger partial charge in [-0.1, -0.05) is 157 Å². The van der Waals surface area contributed by atoms with E-state index in [1.165, 1.54) is 66.0 Å². The molecule has 2 unspecified atom stereocenters. The summed E-state index contributed by atoms with van der Waals surface area (Å²) in [6, 6.07) is 52.3. The Morgan fingerprint density at radius 2 is 1.00 bits per heavy atom. The summed E-state index contributed by atoms with van der Waals surface area (Å²) in [7, 11) is 0. The average molecular weight is 598 g/mol. The molecule has 0 aliphatic carbocycles. The molecule has 2 aliphatic rings. The first kappa shape index (κ1) is 25.2. The highest BCUT2D eigenvalue weighted by Gasteiger charge is 2.44. The van der Waals surface area contributed by atoms with Crippen molar-refractivity contribution in [1.82, 2.24) is 0 Å². The predicted molar refractivity (Wildman–Crippen MR) is 186 cm³/mol. The Kier molecular flexibility index (Phi) is 5.99. The van der Waals surface area contributed by atoms with Crippen LogP contribution in [0.25, 0.3) is 33.4 Å². The predicted octanol–water partition coefficient (Wildman–Crippen LogP) is 8.12. The fraction of sp³-hybridized carbons (Fsp3) is 0. The van der Waals surface area contributed by atoms with E-state index in [0.29, 0.717) is 0 Å². The Morgan fingerprint density at radius 1 is 0.463 bits per heavy atom. The Hall–Kier alpha value is -3.58. The largest absolute Gasteiger partial charge is 0.304 e. The summed E-state index contributed by atoms with van der Waals surface area (Å²) in [5.41, 5.74) is 9.76. The molecule has 0 bridgehead atoms. The van der Waals surface area contributed by atoms with Crippen LogP contribution in [0.15, 0.2) is 146 Å². The highest BCUT2D eigenvalue weighted by atomic mass is 32.4. The summed E-state index contributed by atoms with van der Waals surface area (Å²) in [5, 5.41) is 5.00. The number of fused-ring (bicyclic) bond motifs is 11. The highest BCUT2D eigenvalue weighted by Crippen LogP contribution is 2.65. The third-order valence-corrected chi connectivity index (χ3v) is 16.1. The van der Waals surface area contributed by atoms with Crippen molar-refractivity contribution >= 4 is 69.1 Å². The third kappa shape index (κ3) is 3.67. The number of rotatable bonds is 3. The molecule has 6 aromatic rings. The number of para-hydroxylation sites is 2. The van der Waals surface area contributed by atoms with Crippen LogP contribution in [0.5, 0.6) is 0 Å². The monoisotopic (exact) mass is 597 g/mol. The molecule has 0 aromatic heterocycles. The molecular weight excluding hydrogens is 572 g/mol. The van der Waals surface area contributed by atoms with Gasteiger partial charge in [-0.05, 0) is 46.1 Å². The number of anilines is 2. The quantitative estimate of drug-likeness (QED) is 0.190. The molecule has 0 saturated heterocycles. The van der Waals surface area contributed by atoms with Crippen molar-refractivity contribution in [3.63, 3.8) is 0 Å². The van der Waals surface area contributed by atoms with Gasteiger partial charge in [0.25, 0.3) is 0 Å². The van der Waals surface area contributed by atoms with Gasteiger partial charge in [0.05, 0.1) is 17.6 Å². The van der Waals surface area contributed by atoms with Gasteiger partial charge in [-0.15, -0.1) is 0 Å². The second-order valence-electron chi connectivity index (χ2n) is 10.4. The van der Waals surface area contributed by atoms with E-state index in [4.69, 9.17) is 23.6 Å². The van der Waals surface area contributed by atoms with Gasteiger partial charge in [0.1, 0.15) is 0 Å². The Morgan fingerprint density at radius 3 is 1.78 bits per heavy atom. The molecule has 5 heteroatoms. The fourth-order valence-electron chi connectivity index (χ4n) is 6.46. The van der Waals surface area contributed by atoms with Crippen LogP contribution in [0.3, 0.4) is 0 Å². The van der Waals surface area contributed by atoms with Gasteiger partial charge >= 0.3 is 0 Å². The van der Waals surface area contributed by atoms with E-state index in [0.717, 1.165) is 0 Å². The Bertz CT molecular complexity index is 2070. The molecule has 0 N–H and O–H groups in total. The lowest BCUT2D eigenvalue weighted by molar-refractivity contribution is 1.39. The summed E-state index contributed by atoms with van der Waals surface area (Å²) in [6.07, 6.45) is -2.45. The number of nitrogens with zero attached hydrogens (tertiary/aromatic N) is 1. The van der Waals surface area contributed by atoms with Gasteiger partial charge < -0.3 is 4.67 Å². The first-order valence-corrected chi connectivity index (χ1v) is 19.1. The van der Waals surface area contributed by atoms with E-state index in [1.54, 1.807) is 0 Å². The summed E-state index contributed by atoms with van der Waals surface area (Å²) in [5.74, 6) is 0. The van der Waals surface area contributed by atoms with E-state index in [9.17, 15) is 0 Å². The van der Waals surface area contributed by atoms with Gasteiger partial charge in [0.2, 0.25) is 0 Å². The molecule has 6 aromatic carbocycles. The highest BCUT2D eigenvalue weighted by molar-refractivity contribution is 8.23. The minimum Gasteiger partial charge on any atom is -0.304 e. The van der Waals surface area contributed by atoms with E-state index in [-0.39, 0.29) is 0 Å². The van der Waals surface area contributed by atoms with Crippen LogP contribution in [0.1, 0.15) is 0 Å². The van der Waals surface area contributed by atoms with Crippen molar-refractivity contribution < 1.29 is 0 Å². The van der Waals surface area contributed by atoms with Crippen LogP contribution in [0, 0.1) is 0 Å². The van der Waals surface area contributed by atoms with Gasteiger partial charge in [-0.25, -0.2) is 0 Å². The second kappa shape index (κ2) is 9.76. The molecular formula is C36H25NP2S2. The molecule has 0 saturated carbocycles. The lowest BCUT2D eigenvalue weighted by atomic mass is 10.00. The molecule has 1 nitrogen and oxygen atoms in total. The van der Waals surface area contributed by atoms with Crippen molar-refractivity contribution in [3.05, 3.63) is 146 Å². The van der Waals surface area contributed by atoms with Gasteiger partial charge in [0, 0.05) is 27.3 Å². The SMILES string of the molecule is S=[PH](c1ccccc1-c1ccccc1)c1cccc2c1-c1ccccc1N1c3ccccc3-c3ccccc3P21=S. The van der Waals surface area contributed by atoms with Gasteiger partial charge in [0.15, 0.2) is 0 Å². The summed E-state index contributed by atoms with van der Waals surface area (Å²) >= 11 is 13.5. The molecule has 41 heavy (non-hydrogen) atoms. The lowest BCUT2D eigenvalue weighted by Crippen LogP contribution is -2.38. The smallest absolute Gasteiger partial charge is 0.0985 e. The normalized spacial score (nSPS) is 16.9. The van der Waals surface area contributed by atoms with Crippen LogP contribution < -0.4 is 25.9 Å². The number of hydrogen-bond acceptors (Lipinski definition) is 2. The van der Waals surface area contributed by atoms with Crippen LogP contribution in [0.2, 0.25) is 0 Å². The number of benzene rings is 6. The maximum Gasteiger partial charge on any atom is 0.0985 e. The molecule has 0 radical (unpaired) electrons. The molecule has 0 fully saturated rings. The van der Waals surface area contributed by atoms with Gasteiger partial charge in [-0.3, -0.25) is 0 Å². The lowest BCUT2D eigenvalue weighted by Gasteiger charge is -2.47. The number of hydrogen-bond donors (Lipinski definition) is 0. The van der Waals surface area contributed by atoms with Crippen LogP contribution >= 0.6 is 12.9 Å². The van der Waals surface area contributed by atoms with Crippen molar-refractivity contribution in [1.29, 1.82) is 0 Å². The fourth-order valence-corrected chi connectivity index (χ4v) is 14.1. The van der Waals surface area contributed by atoms with E-state index < -0.39 is 12.9 Å². The molecule has 196 valence electrons. The maximum atomic E-state index is 6.97. The zero-order chi connectivity index (χ0) is 27.6. The van der Waals surface area contributed by atoms with Gasteiger partial charge in [-0.2, -0.15) is 0 Å². The topological polar surface area (TPSA) is 3.24 Å². The Labute approximate surface area is 251 Å². The first-order valence-electron chi connectivity index (χ1n) is 13.7. The van der Waals surface area contributed by atoms with Crippen LogP contribution in [-0.2, 0) is 23.6 Å². The maximum absolute atomic E-state index is 6.97. The zero-order valence-corrected chi connectivity index (χ0v) is 25.6. The van der Waals surface area contributed by atoms with Crippen molar-refractivity contribution in [2.24, 2.45) is 0 Å². The van der Waals surface area contributed by atoms with Crippen LogP contribution in [0.4, 0.5) is 11.4 Å². The van der Waals surface area contributed by atoms with E-state index >= 15 is 0 Å². The van der Waals surface area contributed by atoms with E-state index in [2.05, 4.69) is 150 Å². The zero-order valence-electron chi connectivity index (χ0n) is 22.1. The standard InChI is InChI=1S/C36H25NP2S2/c40-38(32-21-10-6-15-26(32)25-13-2-1-3-14-25)33-22-12-24-35-36(33)29-18-5-9-20-31(29)37-30-19-8-4-16-27(30)28-17-7-11-23-34(28)39(35,37)41/h1-24,38H. The summed E-state index contributed by atoms with van der Waals surface area (Å²) in [4.78, 5) is 0. The summed E-state index contributed by atoms with van der Waals surface area (Å²) in [6.45, 7) is -1.57. The average Bonchev–Trinajstić information content (AvgIpc) is 3.05. The molecule has 0 spiro atoms. The molecule has 2 aliphatic heterocycles. The van der Waals surface area contributed by atoms with Crippen molar-refractivity contribution in [3.8, 4) is 33.4 Å². The van der Waals surface area contributed by atoms with E-state index in [1.807, 2.05) is 0 Å². The minimum atomic E-state index is -2.45. The minimum absolute atomic E-state index is 1.18. The van der Waals surface area contributed by atoms with Crippen LogP contribution in [-0.4, -0.2) is 0 Å². The first-order chi connectivity index (χ1) is 20.2. The molecule has 0 amide bonds. The third-order valence-electron chi connectivity index (χ3n) is 8.21. The summed E-state index contributed by atoms with van der Waals surface area (Å²) < 4.78 is 2.50. The molecule has 2 atom stereocenters. The molecule has 8 rings (SSSR count). The van der Waals surface area contributed by atoms with Crippen molar-refractivity contribution in [2.45, 2.75) is 0 Å². The second-order valence-corrected chi connectivity index (χ2v) is 17.4. The van der Waals surface area contributed by atoms with Crippen molar-refractivity contribution in [2.75, 3.05) is 4.67 Å². The Balaban J connectivity index is 1.43.